The van der Waals surface area contributed by atoms with Crippen molar-refractivity contribution in [3.8, 4) is 5.75 Å². The third-order valence-electron chi connectivity index (χ3n) is 2.23. The second kappa shape index (κ2) is 8.20. The van der Waals surface area contributed by atoms with Crippen molar-refractivity contribution in [2.45, 2.75) is 58.2 Å². The van der Waals surface area contributed by atoms with E-state index < -0.39 is 48.2 Å². The number of aromatic hydroxyl groups is 1. The normalized spacial score (nSPS) is 19.6. The molecule has 0 fully saturated rings. The van der Waals surface area contributed by atoms with Gasteiger partial charge < -0.3 is 5.11 Å². The maximum atomic E-state index is 9.55. The average Bonchev–Trinajstić information content (AvgIpc) is 2.50. The number of phenolic OH excluding ortho intramolecular Hbond substituents is 1. The topological polar surface area (TPSA) is 20.2 Å². The molecule has 0 aliphatic carbocycles. The van der Waals surface area contributed by atoms with Crippen molar-refractivity contribution >= 4 is 0 Å². The Balaban J connectivity index is 3.15. The van der Waals surface area contributed by atoms with Gasteiger partial charge in [-0.2, -0.15) is 0 Å². The summed E-state index contributed by atoms with van der Waals surface area (Å²) in [5.41, 5.74) is -0.645. The quantitative estimate of drug-likeness (QED) is 0.640. The lowest BCUT2D eigenvalue weighted by Crippen LogP contribution is -1.85. The second-order valence-electron chi connectivity index (χ2n) is 3.69. The highest BCUT2D eigenvalue weighted by molar-refractivity contribution is 5.25. The predicted molar refractivity (Wildman–Crippen MR) is 69.8 cm³/mol. The molecule has 0 atom stereocenters. The first-order chi connectivity index (χ1) is 11.0. The molecule has 0 spiro atoms. The Morgan fingerprint density at radius 1 is 1.06 bits per heavy atom. The van der Waals surface area contributed by atoms with E-state index in [0.29, 0.717) is 6.42 Å². The summed E-state index contributed by atoms with van der Waals surface area (Å²) in [7, 11) is 0. The molecule has 0 radical (unpaired) electrons. The van der Waals surface area contributed by atoms with Gasteiger partial charge in [-0.05, 0) is 30.4 Å². The second-order valence-corrected chi connectivity index (χ2v) is 3.69. The molecule has 0 saturated heterocycles. The Kier molecular flexibility index (Phi) is 2.86. The fourth-order valence-electron chi connectivity index (χ4n) is 1.34. The molecule has 1 rings (SSSR count). The Hall–Kier alpha value is -0.980. The molecule has 0 aliphatic heterocycles. The van der Waals surface area contributed by atoms with Gasteiger partial charge in [0.1, 0.15) is 5.75 Å². The molecular formula is C15H24O. The van der Waals surface area contributed by atoms with Gasteiger partial charge in [0.25, 0.3) is 0 Å². The lowest BCUT2D eigenvalue weighted by molar-refractivity contribution is 0.475. The van der Waals surface area contributed by atoms with Crippen LogP contribution >= 0.6 is 0 Å². The lowest BCUT2D eigenvalue weighted by atomic mass is 10.0. The van der Waals surface area contributed by atoms with Gasteiger partial charge in [0.05, 0.1) is 5.48 Å². The highest BCUT2D eigenvalue weighted by Crippen LogP contribution is 2.13. The first kappa shape index (κ1) is 5.57. The molecule has 1 aromatic carbocycles. The van der Waals surface area contributed by atoms with E-state index in [4.69, 9.17) is 11.0 Å². The summed E-state index contributed by atoms with van der Waals surface area (Å²) in [6.07, 6.45) is -0.858. The molecule has 16 heavy (non-hydrogen) atoms. The Bertz CT molecular complexity index is 556. The van der Waals surface area contributed by atoms with Gasteiger partial charge in [0, 0.05) is 5.48 Å². The van der Waals surface area contributed by atoms with Gasteiger partial charge in [-0.25, -0.2) is 0 Å². The van der Waals surface area contributed by atoms with Crippen molar-refractivity contribution in [3.63, 3.8) is 0 Å². The molecule has 0 aromatic heterocycles. The number of benzene rings is 1. The standard InChI is InChI=1S/C15H24O/c1-2-3-4-5-6-7-8-9-14-10-12-15(16)13-11-14/h10-13,16H,2-9H2,1H3/i8D2,9D2,10D,11D,12D,13D. The van der Waals surface area contributed by atoms with Crippen LogP contribution in [0.3, 0.4) is 0 Å². The van der Waals surface area contributed by atoms with Crippen LogP contribution in [-0.2, 0) is 6.37 Å². The van der Waals surface area contributed by atoms with Crippen molar-refractivity contribution in [1.82, 2.24) is 0 Å². The third kappa shape index (κ3) is 5.79. The van der Waals surface area contributed by atoms with Gasteiger partial charge in [0.15, 0.2) is 0 Å². The number of hydrogen-bond donors (Lipinski definition) is 1. The number of unbranched alkanes of at least 4 members (excludes halogenated alkanes) is 4. The Morgan fingerprint density at radius 2 is 1.69 bits per heavy atom. The highest BCUT2D eigenvalue weighted by atomic mass is 16.3. The van der Waals surface area contributed by atoms with E-state index in [0.717, 1.165) is 25.7 Å². The Morgan fingerprint density at radius 3 is 2.38 bits per heavy atom. The van der Waals surface area contributed by atoms with Gasteiger partial charge >= 0.3 is 0 Å². The molecule has 0 bridgehead atoms. The molecule has 1 N–H and O–H groups in total. The monoisotopic (exact) mass is 228 g/mol. The van der Waals surface area contributed by atoms with Crippen molar-refractivity contribution < 1.29 is 16.1 Å². The fourth-order valence-corrected chi connectivity index (χ4v) is 1.34. The number of rotatable bonds is 8. The van der Waals surface area contributed by atoms with E-state index >= 15 is 0 Å². The van der Waals surface area contributed by atoms with Crippen LogP contribution in [0.25, 0.3) is 0 Å². The molecule has 1 nitrogen and oxygen atoms in total. The van der Waals surface area contributed by atoms with Crippen molar-refractivity contribution in [2.75, 3.05) is 0 Å². The lowest BCUT2D eigenvalue weighted by Gasteiger charge is -2.02. The SMILES string of the molecule is [2H]c1c([2H])c(C([2H])([2H])C([2H])([2H])CCCCCCC)c([2H])c([2H])c1O. The van der Waals surface area contributed by atoms with Gasteiger partial charge in [-0.15, -0.1) is 0 Å². The molecule has 90 valence electrons. The van der Waals surface area contributed by atoms with E-state index in [2.05, 4.69) is 6.92 Å². The molecule has 1 heteroatoms. The summed E-state index contributed by atoms with van der Waals surface area (Å²) in [6.45, 7) is 2.06. The highest BCUT2D eigenvalue weighted by Gasteiger charge is 1.94. The fraction of sp³-hybridized carbons (Fsp3) is 0.600. The van der Waals surface area contributed by atoms with Crippen LogP contribution in [0.5, 0.6) is 5.75 Å². The first-order valence-corrected chi connectivity index (χ1v) is 5.78. The molecule has 0 amide bonds. The minimum absolute atomic E-state index is 0.0792. The van der Waals surface area contributed by atoms with Crippen LogP contribution in [0.2, 0.25) is 0 Å². The summed E-state index contributed by atoms with van der Waals surface area (Å²) >= 11 is 0. The maximum Gasteiger partial charge on any atom is 0.115 e. The van der Waals surface area contributed by atoms with E-state index in [9.17, 15) is 5.11 Å². The zero-order valence-electron chi connectivity index (χ0n) is 17.7. The molecule has 0 unspecified atom stereocenters. The van der Waals surface area contributed by atoms with Crippen molar-refractivity contribution in [2.24, 2.45) is 0 Å². The number of hydrogen-bond acceptors (Lipinski definition) is 1. The third-order valence-corrected chi connectivity index (χ3v) is 2.23. The molecule has 0 saturated carbocycles. The summed E-state index contributed by atoms with van der Waals surface area (Å²) in [4.78, 5) is 0. The van der Waals surface area contributed by atoms with E-state index in [1.54, 1.807) is 0 Å². The van der Waals surface area contributed by atoms with Gasteiger partial charge in [0.2, 0.25) is 0 Å². The van der Waals surface area contributed by atoms with Crippen LogP contribution < -0.4 is 0 Å². The van der Waals surface area contributed by atoms with Gasteiger partial charge in [-0.3, -0.25) is 0 Å². The Labute approximate surface area is 111 Å². The van der Waals surface area contributed by atoms with E-state index in [1.807, 2.05) is 0 Å². The summed E-state index contributed by atoms with van der Waals surface area (Å²) < 4.78 is 63.2. The average molecular weight is 228 g/mol. The van der Waals surface area contributed by atoms with E-state index in [1.165, 1.54) is 0 Å². The largest absolute Gasteiger partial charge is 0.508 e. The first-order valence-electron chi connectivity index (χ1n) is 9.78. The summed E-state index contributed by atoms with van der Waals surface area (Å²) in [5.74, 6) is -0.857. The zero-order chi connectivity index (χ0) is 18.7. The maximum absolute atomic E-state index is 9.55. The van der Waals surface area contributed by atoms with Crippen LogP contribution in [0.4, 0.5) is 0 Å². The van der Waals surface area contributed by atoms with Crippen LogP contribution in [0, 0.1) is 0 Å². The summed E-state index contributed by atoms with van der Waals surface area (Å²) in [5, 5.41) is 9.55. The van der Waals surface area contributed by atoms with Crippen LogP contribution in [0.1, 0.15) is 68.4 Å². The van der Waals surface area contributed by atoms with Crippen molar-refractivity contribution in [3.05, 3.63) is 29.7 Å². The summed E-state index contributed by atoms with van der Waals surface area (Å²) in [6, 6.07) is -3.00. The smallest absolute Gasteiger partial charge is 0.115 e. The van der Waals surface area contributed by atoms with Crippen molar-refractivity contribution in [1.29, 1.82) is 0 Å². The van der Waals surface area contributed by atoms with Crippen LogP contribution in [-0.4, -0.2) is 5.11 Å². The number of phenols is 1. The van der Waals surface area contributed by atoms with E-state index in [-0.39, 0.29) is 6.42 Å². The molecule has 0 heterocycles. The van der Waals surface area contributed by atoms with Crippen LogP contribution in [0.15, 0.2) is 24.2 Å². The zero-order valence-corrected chi connectivity index (χ0v) is 9.69. The molecular weight excluding hydrogens is 196 g/mol. The van der Waals surface area contributed by atoms with Gasteiger partial charge in [-0.1, -0.05) is 57.5 Å². The molecule has 1 aromatic rings. The predicted octanol–water partition coefficient (Wildman–Crippen LogP) is 4.69. The molecule has 0 aliphatic rings. The minimum Gasteiger partial charge on any atom is -0.508 e. The minimum atomic E-state index is -2.70.